The highest BCUT2D eigenvalue weighted by atomic mass is 19.4. The maximum Gasteiger partial charge on any atom is 0.573 e. The molecule has 0 aliphatic carbocycles. The fraction of sp³-hybridized carbons (Fsp3) is 0.500. The maximum absolute atomic E-state index is 12.3. The number of aromatic nitrogens is 1. The average molecular weight is 308 g/mol. The number of halogens is 3. The molecule has 0 atom stereocenters. The molecule has 0 saturated heterocycles. The van der Waals surface area contributed by atoms with Gasteiger partial charge < -0.3 is 19.9 Å². The fourth-order valence-corrected chi connectivity index (χ4v) is 1.58. The Balaban J connectivity index is 3.13. The minimum Gasteiger partial charge on any atom is -0.478 e. The topological polar surface area (TPSA) is 83.7 Å². The summed E-state index contributed by atoms with van der Waals surface area (Å²) < 4.78 is 50.2. The second-order valence-electron chi connectivity index (χ2n) is 3.84. The maximum atomic E-state index is 12.3. The highest BCUT2D eigenvalue weighted by Gasteiger charge is 2.33. The second-order valence-corrected chi connectivity index (χ2v) is 3.84. The highest BCUT2D eigenvalue weighted by molar-refractivity contribution is 5.72. The first-order chi connectivity index (χ1) is 9.80. The van der Waals surface area contributed by atoms with E-state index in [0.717, 1.165) is 13.2 Å². The molecule has 1 aromatic heterocycles. The number of ether oxygens (including phenoxy) is 3. The summed E-state index contributed by atoms with van der Waals surface area (Å²) in [6, 6.07) is 1.05. The predicted molar refractivity (Wildman–Crippen MR) is 65.7 cm³/mol. The minimum atomic E-state index is -4.89. The summed E-state index contributed by atoms with van der Waals surface area (Å²) in [4.78, 5) is 15.3. The van der Waals surface area contributed by atoms with Crippen molar-refractivity contribution in [3.05, 3.63) is 17.3 Å². The summed E-state index contributed by atoms with van der Waals surface area (Å²) in [5.74, 6) is -1.56. The van der Waals surface area contributed by atoms with Crippen molar-refractivity contribution < 1.29 is 32.2 Å². The number of pyridine rings is 1. The molecule has 0 fully saturated rings. The monoisotopic (exact) mass is 308 g/mol. The zero-order valence-electron chi connectivity index (χ0n) is 11.5. The average Bonchev–Trinajstić information content (AvgIpc) is 2.38. The molecule has 118 valence electrons. The molecule has 0 aromatic carbocycles. The van der Waals surface area contributed by atoms with Gasteiger partial charge in [0.15, 0.2) is 5.75 Å². The second kappa shape index (κ2) is 7.11. The Labute approximate surface area is 119 Å². The van der Waals surface area contributed by atoms with Crippen LogP contribution in [0, 0.1) is 0 Å². The lowest BCUT2D eigenvalue weighted by Crippen LogP contribution is -2.19. The van der Waals surface area contributed by atoms with Gasteiger partial charge in [-0.25, -0.2) is 4.98 Å². The lowest BCUT2D eigenvalue weighted by Gasteiger charge is -2.15. The molecule has 0 bridgehead atoms. The van der Waals surface area contributed by atoms with E-state index in [2.05, 4.69) is 9.72 Å². The predicted octanol–water partition coefficient (Wildman–Crippen LogP) is 1.55. The molecule has 0 radical (unpaired) electrons. The molecule has 1 heterocycles. The quantitative estimate of drug-likeness (QED) is 0.803. The number of esters is 1. The molecule has 0 aliphatic heterocycles. The number of methoxy groups -OCH3 is 1. The lowest BCUT2D eigenvalue weighted by molar-refractivity contribution is -0.275. The number of alkyl halides is 3. The van der Waals surface area contributed by atoms with Crippen molar-refractivity contribution in [1.29, 1.82) is 0 Å². The van der Waals surface area contributed by atoms with Crippen LogP contribution in [0.2, 0.25) is 0 Å². The summed E-state index contributed by atoms with van der Waals surface area (Å²) in [5, 5.41) is 0. The Morgan fingerprint density at radius 1 is 1.43 bits per heavy atom. The summed E-state index contributed by atoms with van der Waals surface area (Å²) in [5.41, 5.74) is 5.88. The van der Waals surface area contributed by atoms with Crippen molar-refractivity contribution in [2.24, 2.45) is 5.73 Å². The fourth-order valence-electron chi connectivity index (χ4n) is 1.58. The largest absolute Gasteiger partial charge is 0.573 e. The van der Waals surface area contributed by atoms with Crippen molar-refractivity contribution in [2.45, 2.75) is 26.3 Å². The summed E-state index contributed by atoms with van der Waals surface area (Å²) in [6.07, 6.45) is -5.10. The number of carbonyl (C=O) groups is 1. The van der Waals surface area contributed by atoms with Crippen LogP contribution in [0.15, 0.2) is 6.07 Å². The van der Waals surface area contributed by atoms with Gasteiger partial charge in [0.25, 0.3) is 5.88 Å². The van der Waals surface area contributed by atoms with E-state index >= 15 is 0 Å². The third-order valence-corrected chi connectivity index (χ3v) is 2.38. The molecule has 0 unspecified atom stereocenters. The normalized spacial score (nSPS) is 11.1. The van der Waals surface area contributed by atoms with Crippen molar-refractivity contribution in [1.82, 2.24) is 4.98 Å². The van der Waals surface area contributed by atoms with Gasteiger partial charge >= 0.3 is 12.3 Å². The molecule has 9 heteroatoms. The first-order valence-corrected chi connectivity index (χ1v) is 5.99. The van der Waals surface area contributed by atoms with Crippen LogP contribution in [-0.4, -0.2) is 31.0 Å². The number of hydrogen-bond donors (Lipinski definition) is 1. The van der Waals surface area contributed by atoms with Crippen LogP contribution in [0.5, 0.6) is 11.6 Å². The zero-order chi connectivity index (χ0) is 16.0. The van der Waals surface area contributed by atoms with Crippen molar-refractivity contribution in [2.75, 3.05) is 13.7 Å². The van der Waals surface area contributed by atoms with E-state index in [1.807, 2.05) is 0 Å². The Bertz CT molecular complexity index is 506. The van der Waals surface area contributed by atoms with Crippen LogP contribution < -0.4 is 15.2 Å². The molecule has 0 aliphatic rings. The van der Waals surface area contributed by atoms with Gasteiger partial charge in [-0.15, -0.1) is 13.2 Å². The van der Waals surface area contributed by atoms with Crippen molar-refractivity contribution >= 4 is 5.97 Å². The Hall–Kier alpha value is -2.03. The standard InChI is InChI=1S/C12H15F3N2O4/c1-3-20-10(18)5-8-7(6-16)4-9(11(17-8)19-2)21-12(13,14)15/h4H,3,5-6,16H2,1-2H3. The molecule has 0 saturated carbocycles. The molecule has 6 nitrogen and oxygen atoms in total. The number of rotatable bonds is 6. The van der Waals surface area contributed by atoms with Crippen molar-refractivity contribution in [3.63, 3.8) is 0 Å². The summed E-state index contributed by atoms with van der Waals surface area (Å²) >= 11 is 0. The van der Waals surface area contributed by atoms with Gasteiger partial charge in [-0.2, -0.15) is 0 Å². The van der Waals surface area contributed by atoms with E-state index in [1.165, 1.54) is 0 Å². The van der Waals surface area contributed by atoms with Crippen LogP contribution in [0.25, 0.3) is 0 Å². The number of carbonyl (C=O) groups excluding carboxylic acids is 1. The van der Waals surface area contributed by atoms with Gasteiger partial charge in [0.2, 0.25) is 0 Å². The molecule has 0 amide bonds. The number of nitrogens with zero attached hydrogens (tertiary/aromatic N) is 1. The first-order valence-electron chi connectivity index (χ1n) is 5.99. The third kappa shape index (κ3) is 5.10. The van der Waals surface area contributed by atoms with Crippen LogP contribution in [0.1, 0.15) is 18.2 Å². The molecular weight excluding hydrogens is 293 g/mol. The van der Waals surface area contributed by atoms with Gasteiger partial charge in [0, 0.05) is 6.54 Å². The van der Waals surface area contributed by atoms with Gasteiger partial charge in [-0.1, -0.05) is 0 Å². The van der Waals surface area contributed by atoms with Gasteiger partial charge in [0.05, 0.1) is 25.8 Å². The first kappa shape index (κ1) is 17.0. The van der Waals surface area contributed by atoms with E-state index in [-0.39, 0.29) is 36.7 Å². The van der Waals surface area contributed by atoms with E-state index in [4.69, 9.17) is 15.2 Å². The van der Waals surface area contributed by atoms with Crippen LogP contribution in [-0.2, 0) is 22.5 Å². The van der Waals surface area contributed by atoms with E-state index in [0.29, 0.717) is 0 Å². The lowest BCUT2D eigenvalue weighted by atomic mass is 10.1. The minimum absolute atomic E-state index is 0.111. The van der Waals surface area contributed by atoms with Gasteiger partial charge in [-0.05, 0) is 18.6 Å². The Kier molecular flexibility index (Phi) is 5.77. The van der Waals surface area contributed by atoms with E-state index < -0.39 is 18.1 Å². The van der Waals surface area contributed by atoms with Crippen LogP contribution in [0.4, 0.5) is 13.2 Å². The zero-order valence-corrected chi connectivity index (χ0v) is 11.5. The Morgan fingerprint density at radius 3 is 2.57 bits per heavy atom. The molecule has 1 aromatic rings. The molecule has 0 spiro atoms. The molecular formula is C12H15F3N2O4. The van der Waals surface area contributed by atoms with E-state index in [1.54, 1.807) is 6.92 Å². The van der Waals surface area contributed by atoms with Crippen LogP contribution in [0.3, 0.4) is 0 Å². The smallest absolute Gasteiger partial charge is 0.478 e. The SMILES string of the molecule is CCOC(=O)Cc1nc(OC)c(OC(F)(F)F)cc1CN. The van der Waals surface area contributed by atoms with Gasteiger partial charge in [-0.3, -0.25) is 4.79 Å². The molecule has 21 heavy (non-hydrogen) atoms. The number of hydrogen-bond acceptors (Lipinski definition) is 6. The van der Waals surface area contributed by atoms with Gasteiger partial charge in [0.1, 0.15) is 0 Å². The van der Waals surface area contributed by atoms with Crippen LogP contribution >= 0.6 is 0 Å². The van der Waals surface area contributed by atoms with E-state index in [9.17, 15) is 18.0 Å². The Morgan fingerprint density at radius 2 is 2.10 bits per heavy atom. The molecule has 1 rings (SSSR count). The van der Waals surface area contributed by atoms with Crippen molar-refractivity contribution in [3.8, 4) is 11.6 Å². The highest BCUT2D eigenvalue weighted by Crippen LogP contribution is 2.32. The third-order valence-electron chi connectivity index (χ3n) is 2.38. The summed E-state index contributed by atoms with van der Waals surface area (Å²) in [6.45, 7) is 1.71. The summed E-state index contributed by atoms with van der Waals surface area (Å²) in [7, 11) is 1.14. The molecule has 2 N–H and O–H groups in total. The number of nitrogens with two attached hydrogens (primary N) is 1.